The molecule has 1 aromatic carbocycles. The average molecular weight is 372 g/mol. The highest BCUT2D eigenvalue weighted by atomic mass is 16.5. The number of hydrogen-bond acceptors (Lipinski definition) is 5. The lowest BCUT2D eigenvalue weighted by Crippen LogP contribution is -2.44. The number of carbonyl (C=O) groups is 1. The van der Waals surface area contributed by atoms with Gasteiger partial charge in [-0.05, 0) is 51.2 Å². The Balaban J connectivity index is 1.27. The first-order valence-electron chi connectivity index (χ1n) is 10.1. The second kappa shape index (κ2) is 8.40. The van der Waals surface area contributed by atoms with Gasteiger partial charge in [-0.3, -0.25) is 4.79 Å². The lowest BCUT2D eigenvalue weighted by atomic mass is 9.96. The highest BCUT2D eigenvalue weighted by Crippen LogP contribution is 2.30. The van der Waals surface area contributed by atoms with Gasteiger partial charge in [0.05, 0.1) is 12.7 Å². The summed E-state index contributed by atoms with van der Waals surface area (Å²) in [5.41, 5.74) is 1.73. The van der Waals surface area contributed by atoms with Crippen LogP contribution in [0.15, 0.2) is 28.7 Å². The van der Waals surface area contributed by atoms with Gasteiger partial charge in [0.2, 0.25) is 0 Å². The summed E-state index contributed by atoms with van der Waals surface area (Å²) in [6.45, 7) is 4.59. The van der Waals surface area contributed by atoms with E-state index in [1.807, 2.05) is 36.1 Å². The number of para-hydroxylation sites is 2. The molecule has 6 nitrogen and oxygen atoms in total. The number of rotatable bonds is 5. The molecule has 0 N–H and O–H groups in total. The summed E-state index contributed by atoms with van der Waals surface area (Å²) < 4.78 is 17.4. The third-order valence-corrected chi connectivity index (χ3v) is 5.62. The molecule has 0 spiro atoms. The van der Waals surface area contributed by atoms with Crippen molar-refractivity contribution in [1.82, 2.24) is 9.88 Å². The van der Waals surface area contributed by atoms with Crippen LogP contribution in [0.25, 0.3) is 11.1 Å². The van der Waals surface area contributed by atoms with E-state index in [0.717, 1.165) is 62.4 Å². The minimum absolute atomic E-state index is 0.0711. The molecular formula is C21H28N2O4. The van der Waals surface area contributed by atoms with Crippen molar-refractivity contribution >= 4 is 17.0 Å². The van der Waals surface area contributed by atoms with Crippen LogP contribution in [0.4, 0.5) is 0 Å². The summed E-state index contributed by atoms with van der Waals surface area (Å²) in [5, 5.41) is 0. The minimum Gasteiger partial charge on any atom is -0.440 e. The molecule has 2 atom stereocenters. The van der Waals surface area contributed by atoms with Crippen LogP contribution in [0.1, 0.15) is 50.8 Å². The van der Waals surface area contributed by atoms with Crippen molar-refractivity contribution < 1.29 is 18.7 Å². The summed E-state index contributed by atoms with van der Waals surface area (Å²) >= 11 is 0. The number of hydrogen-bond donors (Lipinski definition) is 0. The fraction of sp³-hybridized carbons (Fsp3) is 0.619. The molecule has 2 aliphatic rings. The van der Waals surface area contributed by atoms with E-state index in [1.54, 1.807) is 0 Å². The van der Waals surface area contributed by atoms with Crippen LogP contribution in [0.3, 0.4) is 0 Å². The van der Waals surface area contributed by atoms with Crippen LogP contribution >= 0.6 is 0 Å². The molecule has 0 aliphatic carbocycles. The monoisotopic (exact) mass is 372 g/mol. The summed E-state index contributed by atoms with van der Waals surface area (Å²) in [6.07, 6.45) is 4.79. The number of amides is 1. The first-order chi connectivity index (χ1) is 13.2. The lowest BCUT2D eigenvalue weighted by Gasteiger charge is -2.32. The van der Waals surface area contributed by atoms with Crippen molar-refractivity contribution in [2.75, 3.05) is 26.3 Å². The summed E-state index contributed by atoms with van der Waals surface area (Å²) in [7, 11) is 0. The van der Waals surface area contributed by atoms with E-state index in [4.69, 9.17) is 13.9 Å². The normalized spacial score (nSPS) is 22.9. The maximum Gasteiger partial charge on any atom is 0.251 e. The highest BCUT2D eigenvalue weighted by molar-refractivity contribution is 5.80. The molecule has 2 saturated heterocycles. The van der Waals surface area contributed by atoms with Gasteiger partial charge in [0.1, 0.15) is 11.6 Å². The number of carbonyl (C=O) groups excluding carboxylic acids is 1. The van der Waals surface area contributed by atoms with Crippen molar-refractivity contribution in [2.24, 2.45) is 0 Å². The van der Waals surface area contributed by atoms with E-state index in [1.165, 1.54) is 6.42 Å². The Labute approximate surface area is 159 Å². The number of fused-ring (bicyclic) bond motifs is 1. The van der Waals surface area contributed by atoms with Crippen molar-refractivity contribution in [3.05, 3.63) is 30.2 Å². The second-order valence-electron chi connectivity index (χ2n) is 7.58. The zero-order valence-electron chi connectivity index (χ0n) is 15.9. The topological polar surface area (TPSA) is 64.8 Å². The molecule has 1 aromatic heterocycles. The maximum absolute atomic E-state index is 12.7. The van der Waals surface area contributed by atoms with Gasteiger partial charge in [0, 0.05) is 25.6 Å². The van der Waals surface area contributed by atoms with Gasteiger partial charge in [0.25, 0.3) is 5.91 Å². The molecule has 2 aromatic rings. The molecule has 3 heterocycles. The van der Waals surface area contributed by atoms with Crippen LogP contribution in [0.5, 0.6) is 0 Å². The zero-order chi connectivity index (χ0) is 18.6. The quantitative estimate of drug-likeness (QED) is 0.804. The first-order valence-corrected chi connectivity index (χ1v) is 10.1. The van der Waals surface area contributed by atoms with E-state index in [-0.39, 0.29) is 17.9 Å². The van der Waals surface area contributed by atoms with E-state index >= 15 is 0 Å². The average Bonchev–Trinajstić information content (AvgIpc) is 3.16. The predicted molar refractivity (Wildman–Crippen MR) is 102 cm³/mol. The van der Waals surface area contributed by atoms with Gasteiger partial charge in [-0.25, -0.2) is 4.98 Å². The smallest absolute Gasteiger partial charge is 0.251 e. The van der Waals surface area contributed by atoms with Crippen molar-refractivity contribution in [2.45, 2.75) is 57.2 Å². The van der Waals surface area contributed by atoms with Crippen LogP contribution in [0, 0.1) is 0 Å². The lowest BCUT2D eigenvalue weighted by molar-refractivity contribution is -0.147. The van der Waals surface area contributed by atoms with Gasteiger partial charge < -0.3 is 18.8 Å². The fourth-order valence-electron chi connectivity index (χ4n) is 3.93. The standard InChI is InChI=1S/C21H28N2O4/c1-15(26-14-17-6-4-5-13-25-17)21(24)23-11-9-16(10-12-23)20-22-18-7-2-3-8-19(18)27-20/h2-3,7-8,15-17H,4-6,9-14H2,1H3/t15-,17+/m0/s1. The van der Waals surface area contributed by atoms with Crippen molar-refractivity contribution in [1.29, 1.82) is 0 Å². The third-order valence-electron chi connectivity index (χ3n) is 5.62. The molecule has 0 radical (unpaired) electrons. The van der Waals surface area contributed by atoms with Gasteiger partial charge in [0.15, 0.2) is 11.5 Å². The molecule has 0 unspecified atom stereocenters. The maximum atomic E-state index is 12.7. The van der Waals surface area contributed by atoms with E-state index in [9.17, 15) is 4.79 Å². The molecule has 1 amide bonds. The summed E-state index contributed by atoms with van der Waals surface area (Å²) in [5.74, 6) is 1.14. The fourth-order valence-corrected chi connectivity index (χ4v) is 3.93. The molecule has 2 aliphatic heterocycles. The van der Waals surface area contributed by atoms with Crippen LogP contribution in [0.2, 0.25) is 0 Å². The Morgan fingerprint density at radius 2 is 2.07 bits per heavy atom. The Bertz CT molecular complexity index is 727. The number of ether oxygens (including phenoxy) is 2. The Kier molecular flexibility index (Phi) is 5.74. The number of likely N-dealkylation sites (tertiary alicyclic amines) is 1. The molecule has 146 valence electrons. The largest absolute Gasteiger partial charge is 0.440 e. The van der Waals surface area contributed by atoms with Gasteiger partial charge in [-0.1, -0.05) is 12.1 Å². The minimum atomic E-state index is -0.420. The molecule has 0 bridgehead atoms. The molecule has 6 heteroatoms. The van der Waals surface area contributed by atoms with E-state index in [0.29, 0.717) is 6.61 Å². The van der Waals surface area contributed by atoms with E-state index < -0.39 is 6.10 Å². The number of benzene rings is 1. The SMILES string of the molecule is C[C@H](OC[C@H]1CCCCO1)C(=O)N1CCC(c2nc3ccccc3o2)CC1. The summed E-state index contributed by atoms with van der Waals surface area (Å²) in [4.78, 5) is 19.2. The molecular weight excluding hydrogens is 344 g/mol. The van der Waals surface area contributed by atoms with Crippen LogP contribution in [-0.2, 0) is 14.3 Å². The zero-order valence-corrected chi connectivity index (χ0v) is 15.9. The van der Waals surface area contributed by atoms with Crippen LogP contribution < -0.4 is 0 Å². The van der Waals surface area contributed by atoms with Gasteiger partial charge in [-0.2, -0.15) is 0 Å². The van der Waals surface area contributed by atoms with Crippen molar-refractivity contribution in [3.63, 3.8) is 0 Å². The molecule has 27 heavy (non-hydrogen) atoms. The van der Waals surface area contributed by atoms with Gasteiger partial charge in [-0.15, -0.1) is 0 Å². The highest BCUT2D eigenvalue weighted by Gasteiger charge is 2.30. The van der Waals surface area contributed by atoms with Gasteiger partial charge >= 0.3 is 0 Å². The molecule has 2 fully saturated rings. The number of nitrogens with zero attached hydrogens (tertiary/aromatic N) is 2. The van der Waals surface area contributed by atoms with Crippen LogP contribution in [-0.4, -0.2) is 54.3 Å². The Morgan fingerprint density at radius 3 is 2.81 bits per heavy atom. The Hall–Kier alpha value is -1.92. The van der Waals surface area contributed by atoms with E-state index in [2.05, 4.69) is 4.98 Å². The second-order valence-corrected chi connectivity index (χ2v) is 7.58. The third kappa shape index (κ3) is 4.33. The first kappa shape index (κ1) is 18.4. The number of oxazole rings is 1. The number of piperidine rings is 1. The molecule has 4 rings (SSSR count). The molecule has 0 saturated carbocycles. The van der Waals surface area contributed by atoms with Crippen molar-refractivity contribution in [3.8, 4) is 0 Å². The Morgan fingerprint density at radius 1 is 1.26 bits per heavy atom. The predicted octanol–water partition coefficient (Wildman–Crippen LogP) is 3.51. The summed E-state index contributed by atoms with van der Waals surface area (Å²) in [6, 6.07) is 7.84. The number of aromatic nitrogens is 1.